The third-order valence-corrected chi connectivity index (χ3v) is 4.35. The van der Waals surface area contributed by atoms with Crippen molar-refractivity contribution in [1.82, 2.24) is 4.31 Å². The Hall–Kier alpha value is -1.35. The van der Waals surface area contributed by atoms with Gasteiger partial charge in [0.05, 0.1) is 23.3 Å². The van der Waals surface area contributed by atoms with Crippen LogP contribution in [0, 0.1) is 0 Å². The minimum Gasteiger partial charge on any atom is -0.506 e. The third kappa shape index (κ3) is 3.80. The van der Waals surface area contributed by atoms with E-state index in [0.29, 0.717) is 0 Å². The van der Waals surface area contributed by atoms with Gasteiger partial charge >= 0.3 is 0 Å². The highest BCUT2D eigenvalue weighted by Gasteiger charge is 2.23. The Morgan fingerprint density at radius 1 is 1.47 bits per heavy atom. The molecule has 0 aliphatic carbocycles. The van der Waals surface area contributed by atoms with E-state index in [-0.39, 0.29) is 29.5 Å². The van der Waals surface area contributed by atoms with Crippen LogP contribution in [0.1, 0.15) is 0 Å². The summed E-state index contributed by atoms with van der Waals surface area (Å²) in [5.74, 6) is -0.180. The fraction of sp³-hybridized carbons (Fsp3) is 0.455. The van der Waals surface area contributed by atoms with Gasteiger partial charge in [-0.05, 0) is 18.2 Å². The minimum atomic E-state index is -3.76. The van der Waals surface area contributed by atoms with Crippen molar-refractivity contribution in [3.8, 4) is 5.75 Å². The molecule has 4 N–H and O–H groups in total. The summed E-state index contributed by atoms with van der Waals surface area (Å²) in [4.78, 5) is -0.0464. The van der Waals surface area contributed by atoms with Crippen molar-refractivity contribution >= 4 is 15.7 Å². The van der Waals surface area contributed by atoms with E-state index in [4.69, 9.17) is 10.5 Å². The maximum Gasteiger partial charge on any atom is 0.242 e. The van der Waals surface area contributed by atoms with E-state index >= 15 is 0 Å². The Bertz CT molecular complexity index is 532. The number of aromatic hydroxyl groups is 1. The number of rotatable bonds is 6. The Morgan fingerprint density at radius 2 is 2.11 bits per heavy atom. The average molecular weight is 290 g/mol. The quantitative estimate of drug-likeness (QED) is 0.485. The smallest absolute Gasteiger partial charge is 0.242 e. The summed E-state index contributed by atoms with van der Waals surface area (Å²) in [5.41, 5.74) is 5.44. The molecule has 19 heavy (non-hydrogen) atoms. The molecule has 108 valence electrons. The van der Waals surface area contributed by atoms with Crippen LogP contribution >= 0.6 is 0 Å². The van der Waals surface area contributed by atoms with Crippen LogP contribution in [0.15, 0.2) is 23.1 Å². The lowest BCUT2D eigenvalue weighted by molar-refractivity contribution is 0.0554. The Morgan fingerprint density at radius 3 is 2.63 bits per heavy atom. The third-order valence-electron chi connectivity index (χ3n) is 2.53. The molecule has 1 aromatic rings. The number of sulfonamides is 1. The summed E-state index contributed by atoms with van der Waals surface area (Å²) in [5, 5.41) is 18.8. The SMILES string of the molecule is COCC(O)CN(C)S(=O)(=O)c1ccc(O)c(N)c1. The van der Waals surface area contributed by atoms with E-state index in [2.05, 4.69) is 0 Å². The molecular weight excluding hydrogens is 272 g/mol. The Kier molecular flexibility index (Phi) is 5.12. The summed E-state index contributed by atoms with van der Waals surface area (Å²) in [6, 6.07) is 3.63. The lowest BCUT2D eigenvalue weighted by Gasteiger charge is -2.20. The molecule has 1 aromatic carbocycles. The van der Waals surface area contributed by atoms with Crippen LogP contribution in [-0.2, 0) is 14.8 Å². The number of likely N-dealkylation sites (N-methyl/N-ethyl adjacent to an activating group) is 1. The van der Waals surface area contributed by atoms with Crippen molar-refractivity contribution < 1.29 is 23.4 Å². The van der Waals surface area contributed by atoms with Crippen molar-refractivity contribution in [2.24, 2.45) is 0 Å². The number of nitrogen functional groups attached to an aromatic ring is 1. The summed E-state index contributed by atoms with van der Waals surface area (Å²) < 4.78 is 30.1. The van der Waals surface area contributed by atoms with Crippen LogP contribution in [0.4, 0.5) is 5.69 Å². The molecule has 0 bridgehead atoms. The molecule has 8 heteroatoms. The van der Waals surface area contributed by atoms with Crippen molar-refractivity contribution in [3.05, 3.63) is 18.2 Å². The van der Waals surface area contributed by atoms with Crippen molar-refractivity contribution in [2.45, 2.75) is 11.0 Å². The number of anilines is 1. The molecule has 0 heterocycles. The van der Waals surface area contributed by atoms with E-state index in [1.807, 2.05) is 0 Å². The summed E-state index contributed by atoms with van der Waals surface area (Å²) in [6.07, 6.45) is -0.917. The highest BCUT2D eigenvalue weighted by Crippen LogP contribution is 2.24. The van der Waals surface area contributed by atoms with Crippen molar-refractivity contribution in [2.75, 3.05) is 33.0 Å². The van der Waals surface area contributed by atoms with Crippen LogP contribution < -0.4 is 5.73 Å². The van der Waals surface area contributed by atoms with Gasteiger partial charge < -0.3 is 20.7 Å². The lowest BCUT2D eigenvalue weighted by Crippen LogP contribution is -2.36. The molecule has 0 fully saturated rings. The van der Waals surface area contributed by atoms with Gasteiger partial charge in [-0.1, -0.05) is 0 Å². The van der Waals surface area contributed by atoms with Crippen LogP contribution in [-0.4, -0.2) is 56.3 Å². The van der Waals surface area contributed by atoms with Gasteiger partial charge in [-0.15, -0.1) is 0 Å². The normalized spacial score (nSPS) is 13.7. The topological polar surface area (TPSA) is 113 Å². The van der Waals surface area contributed by atoms with Gasteiger partial charge in [-0.25, -0.2) is 8.42 Å². The highest BCUT2D eigenvalue weighted by molar-refractivity contribution is 7.89. The van der Waals surface area contributed by atoms with Gasteiger partial charge in [0.15, 0.2) is 0 Å². The molecule has 1 atom stereocenters. The number of aliphatic hydroxyl groups is 1. The number of nitrogens with zero attached hydrogens (tertiary/aromatic N) is 1. The second kappa shape index (κ2) is 6.20. The predicted octanol–water partition coefficient (Wildman–Crippen LogP) is -0.398. The lowest BCUT2D eigenvalue weighted by atomic mass is 10.3. The van der Waals surface area contributed by atoms with E-state index in [0.717, 1.165) is 4.31 Å². The molecule has 0 aromatic heterocycles. The molecule has 0 radical (unpaired) electrons. The first kappa shape index (κ1) is 15.7. The maximum absolute atomic E-state index is 12.2. The number of methoxy groups -OCH3 is 1. The minimum absolute atomic E-state index is 0.0214. The van der Waals surface area contributed by atoms with Gasteiger partial charge in [0.2, 0.25) is 10.0 Å². The summed E-state index contributed by atoms with van der Waals surface area (Å²) in [7, 11) is -1.01. The zero-order chi connectivity index (χ0) is 14.6. The fourth-order valence-corrected chi connectivity index (χ4v) is 2.76. The number of phenolic OH excluding ortho intramolecular Hbond substituents is 1. The number of hydrogen-bond acceptors (Lipinski definition) is 6. The largest absolute Gasteiger partial charge is 0.506 e. The highest BCUT2D eigenvalue weighted by atomic mass is 32.2. The molecule has 0 saturated carbocycles. The first-order chi connectivity index (χ1) is 8.78. The van der Waals surface area contributed by atoms with E-state index in [1.165, 1.54) is 32.4 Å². The molecule has 0 aliphatic heterocycles. The van der Waals surface area contributed by atoms with Crippen LogP contribution in [0.25, 0.3) is 0 Å². The van der Waals surface area contributed by atoms with Crippen molar-refractivity contribution in [3.63, 3.8) is 0 Å². The van der Waals surface area contributed by atoms with E-state index in [1.54, 1.807) is 0 Å². The van der Waals surface area contributed by atoms with Gasteiger partial charge in [0, 0.05) is 20.7 Å². The fourth-order valence-electron chi connectivity index (χ4n) is 1.51. The first-order valence-corrected chi connectivity index (χ1v) is 6.95. The molecule has 7 nitrogen and oxygen atoms in total. The van der Waals surface area contributed by atoms with Gasteiger partial charge in [0.25, 0.3) is 0 Å². The van der Waals surface area contributed by atoms with Gasteiger partial charge in [-0.2, -0.15) is 4.31 Å². The first-order valence-electron chi connectivity index (χ1n) is 5.51. The molecule has 1 unspecified atom stereocenters. The molecule has 0 aliphatic rings. The van der Waals surface area contributed by atoms with E-state index < -0.39 is 16.1 Å². The number of benzene rings is 1. The van der Waals surface area contributed by atoms with Gasteiger partial charge in [-0.3, -0.25) is 0 Å². The second-order valence-electron chi connectivity index (χ2n) is 4.12. The maximum atomic E-state index is 12.2. The second-order valence-corrected chi connectivity index (χ2v) is 6.16. The number of nitrogens with two attached hydrogens (primary N) is 1. The number of hydrogen-bond donors (Lipinski definition) is 3. The molecule has 0 amide bonds. The number of ether oxygens (including phenoxy) is 1. The standard InChI is InChI=1S/C11H18N2O5S/c1-13(6-8(14)7-18-2)19(16,17)9-3-4-11(15)10(12)5-9/h3-5,8,14-15H,6-7,12H2,1-2H3. The summed E-state index contributed by atoms with van der Waals surface area (Å²) in [6.45, 7) is -0.0610. The molecule has 0 saturated heterocycles. The predicted molar refractivity (Wildman–Crippen MR) is 70.2 cm³/mol. The molecule has 1 rings (SSSR count). The van der Waals surface area contributed by atoms with Crippen LogP contribution in [0.3, 0.4) is 0 Å². The van der Waals surface area contributed by atoms with Crippen molar-refractivity contribution in [1.29, 1.82) is 0 Å². The molecular formula is C11H18N2O5S. The molecule has 0 spiro atoms. The monoisotopic (exact) mass is 290 g/mol. The zero-order valence-electron chi connectivity index (χ0n) is 10.8. The van der Waals surface area contributed by atoms with Gasteiger partial charge in [0.1, 0.15) is 5.75 Å². The van der Waals surface area contributed by atoms with Crippen LogP contribution in [0.2, 0.25) is 0 Å². The Labute approximate surface area is 112 Å². The van der Waals surface area contributed by atoms with E-state index in [9.17, 15) is 18.6 Å². The zero-order valence-corrected chi connectivity index (χ0v) is 11.6. The number of aliphatic hydroxyl groups excluding tert-OH is 1. The average Bonchev–Trinajstić information content (AvgIpc) is 2.32. The Balaban J connectivity index is 2.93. The number of phenols is 1. The summed E-state index contributed by atoms with van der Waals surface area (Å²) >= 11 is 0. The van der Waals surface area contributed by atoms with Crippen LogP contribution in [0.5, 0.6) is 5.75 Å².